The summed E-state index contributed by atoms with van der Waals surface area (Å²) in [5.74, 6) is 0.264. The summed E-state index contributed by atoms with van der Waals surface area (Å²) in [6.07, 6.45) is 1.89. The molecule has 2 aromatic rings. The van der Waals surface area contributed by atoms with Gasteiger partial charge in [0.05, 0.1) is 5.54 Å². The van der Waals surface area contributed by atoms with Gasteiger partial charge in [0.25, 0.3) is 0 Å². The molecule has 1 saturated carbocycles. The predicted octanol–water partition coefficient (Wildman–Crippen LogP) is 3.57. The zero-order chi connectivity index (χ0) is 18.1. The zero-order valence-corrected chi connectivity index (χ0v) is 15.2. The number of nitrogens with zero attached hydrogens (tertiary/aromatic N) is 2. The van der Waals surface area contributed by atoms with E-state index in [9.17, 15) is 9.90 Å². The van der Waals surface area contributed by atoms with Gasteiger partial charge in [0.15, 0.2) is 0 Å². The van der Waals surface area contributed by atoms with E-state index < -0.39 is 0 Å². The Labute approximate surface area is 158 Å². The van der Waals surface area contributed by atoms with E-state index in [1.54, 1.807) is 12.1 Å². The molecule has 0 bridgehead atoms. The van der Waals surface area contributed by atoms with Crippen molar-refractivity contribution >= 4 is 23.3 Å². The van der Waals surface area contributed by atoms with Crippen LogP contribution in [-0.4, -0.2) is 42.2 Å². The van der Waals surface area contributed by atoms with Crippen LogP contribution >= 0.6 is 11.6 Å². The number of urea groups is 1. The fourth-order valence-corrected chi connectivity index (χ4v) is 3.73. The van der Waals surface area contributed by atoms with Crippen molar-refractivity contribution in [3.8, 4) is 5.75 Å². The summed E-state index contributed by atoms with van der Waals surface area (Å²) < 4.78 is 0. The van der Waals surface area contributed by atoms with Crippen LogP contribution in [0.15, 0.2) is 48.5 Å². The lowest BCUT2D eigenvalue weighted by Gasteiger charge is -2.37. The van der Waals surface area contributed by atoms with E-state index in [1.807, 2.05) is 41.3 Å². The highest BCUT2D eigenvalue weighted by molar-refractivity contribution is 6.30. The summed E-state index contributed by atoms with van der Waals surface area (Å²) in [5.41, 5.74) is 1.81. The molecule has 2 fully saturated rings. The van der Waals surface area contributed by atoms with Gasteiger partial charge >= 0.3 is 6.03 Å². The zero-order valence-electron chi connectivity index (χ0n) is 14.5. The molecular weight excluding hydrogens is 350 g/mol. The van der Waals surface area contributed by atoms with Gasteiger partial charge < -0.3 is 20.2 Å². The molecule has 0 unspecified atom stereocenters. The number of carbonyl (C=O) groups is 1. The van der Waals surface area contributed by atoms with Gasteiger partial charge in [-0.2, -0.15) is 0 Å². The highest BCUT2D eigenvalue weighted by Crippen LogP contribution is 2.46. The van der Waals surface area contributed by atoms with Crippen molar-refractivity contribution in [1.82, 2.24) is 10.2 Å². The molecule has 0 aromatic heterocycles. The van der Waals surface area contributed by atoms with Crippen LogP contribution < -0.4 is 10.2 Å². The van der Waals surface area contributed by atoms with Crippen LogP contribution in [-0.2, 0) is 5.54 Å². The van der Waals surface area contributed by atoms with Gasteiger partial charge in [-0.05, 0) is 42.7 Å². The minimum atomic E-state index is -0.260. The summed E-state index contributed by atoms with van der Waals surface area (Å²) in [7, 11) is 0. The third-order valence-corrected chi connectivity index (χ3v) is 5.47. The fraction of sp³-hybridized carbons (Fsp3) is 0.350. The molecule has 26 heavy (non-hydrogen) atoms. The molecule has 2 amide bonds. The Kier molecular flexibility index (Phi) is 4.41. The normalized spacial score (nSPS) is 18.5. The van der Waals surface area contributed by atoms with Crippen LogP contribution in [0.25, 0.3) is 0 Å². The maximum atomic E-state index is 12.7. The first-order chi connectivity index (χ1) is 12.6. The third-order valence-electron chi connectivity index (χ3n) is 5.24. The average molecular weight is 372 g/mol. The Balaban J connectivity index is 1.37. The SMILES string of the molecule is O=C(NC1(c2cccc(Cl)c2)CC1)N1CCN(c2cccc(O)c2)CC1. The van der Waals surface area contributed by atoms with Crippen molar-refractivity contribution in [2.45, 2.75) is 18.4 Å². The Bertz CT molecular complexity index is 814. The lowest BCUT2D eigenvalue weighted by Crippen LogP contribution is -2.53. The number of hydrogen-bond acceptors (Lipinski definition) is 3. The van der Waals surface area contributed by atoms with Gasteiger partial charge in [0.2, 0.25) is 0 Å². The van der Waals surface area contributed by atoms with Crippen LogP contribution in [0.2, 0.25) is 5.02 Å². The van der Waals surface area contributed by atoms with E-state index in [1.165, 1.54) is 0 Å². The maximum Gasteiger partial charge on any atom is 0.318 e. The predicted molar refractivity (Wildman–Crippen MR) is 103 cm³/mol. The summed E-state index contributed by atoms with van der Waals surface area (Å²) in [4.78, 5) is 16.8. The van der Waals surface area contributed by atoms with Crippen LogP contribution in [0.3, 0.4) is 0 Å². The molecule has 6 heteroatoms. The molecule has 1 aliphatic heterocycles. The first-order valence-corrected chi connectivity index (χ1v) is 9.31. The second kappa shape index (κ2) is 6.72. The van der Waals surface area contributed by atoms with Crippen LogP contribution in [0, 0.1) is 0 Å². The maximum absolute atomic E-state index is 12.7. The van der Waals surface area contributed by atoms with E-state index in [0.717, 1.165) is 37.2 Å². The van der Waals surface area contributed by atoms with Crippen molar-refractivity contribution in [3.63, 3.8) is 0 Å². The number of carbonyl (C=O) groups excluding carboxylic acids is 1. The van der Waals surface area contributed by atoms with Crippen molar-refractivity contribution in [3.05, 3.63) is 59.1 Å². The van der Waals surface area contributed by atoms with Gasteiger partial charge in [-0.1, -0.05) is 29.8 Å². The lowest BCUT2D eigenvalue weighted by atomic mass is 10.1. The van der Waals surface area contributed by atoms with E-state index in [0.29, 0.717) is 18.1 Å². The number of piperazine rings is 1. The molecule has 1 heterocycles. The molecule has 2 aromatic carbocycles. The summed E-state index contributed by atoms with van der Waals surface area (Å²) in [6.45, 7) is 2.82. The second-order valence-electron chi connectivity index (χ2n) is 7.02. The molecule has 5 nitrogen and oxygen atoms in total. The molecule has 2 N–H and O–H groups in total. The van der Waals surface area contributed by atoms with Gasteiger partial charge in [-0.25, -0.2) is 4.79 Å². The van der Waals surface area contributed by atoms with Crippen molar-refractivity contribution in [2.75, 3.05) is 31.1 Å². The van der Waals surface area contributed by atoms with E-state index >= 15 is 0 Å². The van der Waals surface area contributed by atoms with Gasteiger partial charge in [-0.15, -0.1) is 0 Å². The molecule has 136 valence electrons. The smallest absolute Gasteiger partial charge is 0.318 e. The number of phenolic OH excluding ortho intramolecular Hbond substituents is 1. The Morgan fingerprint density at radius 2 is 1.77 bits per heavy atom. The highest BCUT2D eigenvalue weighted by atomic mass is 35.5. The molecule has 1 saturated heterocycles. The second-order valence-corrected chi connectivity index (χ2v) is 7.45. The minimum absolute atomic E-state index is 0.0157. The summed E-state index contributed by atoms with van der Waals surface area (Å²) >= 11 is 6.10. The van der Waals surface area contributed by atoms with Gasteiger partial charge in [0, 0.05) is 43.0 Å². The number of phenols is 1. The topological polar surface area (TPSA) is 55.8 Å². The van der Waals surface area contributed by atoms with Crippen molar-refractivity contribution in [2.24, 2.45) is 0 Å². The monoisotopic (exact) mass is 371 g/mol. The standard InChI is InChI=1S/C20H22ClN3O2/c21-16-4-1-3-15(13-16)20(7-8-20)22-19(26)24-11-9-23(10-12-24)17-5-2-6-18(25)14-17/h1-6,13-14,25H,7-12H2,(H,22,26). The first kappa shape index (κ1) is 17.0. The number of halogens is 1. The first-order valence-electron chi connectivity index (χ1n) is 8.93. The third kappa shape index (κ3) is 3.44. The summed E-state index contributed by atoms with van der Waals surface area (Å²) in [5, 5.41) is 13.5. The number of rotatable bonds is 3. The molecule has 0 atom stereocenters. The number of nitrogens with one attached hydrogen (secondary N) is 1. The number of benzene rings is 2. The largest absolute Gasteiger partial charge is 0.508 e. The molecule has 1 aliphatic carbocycles. The number of anilines is 1. The lowest BCUT2D eigenvalue weighted by molar-refractivity contribution is 0.189. The average Bonchev–Trinajstić information content (AvgIpc) is 3.43. The Morgan fingerprint density at radius 1 is 1.04 bits per heavy atom. The van der Waals surface area contributed by atoms with Gasteiger partial charge in [0.1, 0.15) is 5.75 Å². The molecule has 4 rings (SSSR count). The minimum Gasteiger partial charge on any atom is -0.508 e. The van der Waals surface area contributed by atoms with Crippen molar-refractivity contribution in [1.29, 1.82) is 0 Å². The quantitative estimate of drug-likeness (QED) is 0.867. The van der Waals surface area contributed by atoms with E-state index in [4.69, 9.17) is 11.6 Å². The number of aromatic hydroxyl groups is 1. The molecule has 0 spiro atoms. The van der Waals surface area contributed by atoms with Crippen molar-refractivity contribution < 1.29 is 9.90 Å². The van der Waals surface area contributed by atoms with E-state index in [-0.39, 0.29) is 17.3 Å². The van der Waals surface area contributed by atoms with Crippen LogP contribution in [0.5, 0.6) is 5.75 Å². The highest BCUT2D eigenvalue weighted by Gasteiger charge is 2.46. The van der Waals surface area contributed by atoms with Gasteiger partial charge in [-0.3, -0.25) is 0 Å². The Hall–Kier alpha value is -2.40. The fourth-order valence-electron chi connectivity index (χ4n) is 3.54. The molecule has 2 aliphatic rings. The number of amides is 2. The summed E-state index contributed by atoms with van der Waals surface area (Å²) in [6, 6.07) is 15.0. The molecular formula is C20H22ClN3O2. The van der Waals surface area contributed by atoms with Crippen LogP contribution in [0.1, 0.15) is 18.4 Å². The number of hydrogen-bond donors (Lipinski definition) is 2. The Morgan fingerprint density at radius 3 is 2.42 bits per heavy atom. The molecule has 0 radical (unpaired) electrons. The van der Waals surface area contributed by atoms with E-state index in [2.05, 4.69) is 10.2 Å². The van der Waals surface area contributed by atoms with Crippen LogP contribution in [0.4, 0.5) is 10.5 Å².